The third kappa shape index (κ3) is 11.5. The van der Waals surface area contributed by atoms with Crippen molar-refractivity contribution in [2.75, 3.05) is 0 Å². The Labute approximate surface area is 214 Å². The van der Waals surface area contributed by atoms with Crippen LogP contribution in [-0.4, -0.2) is 69.9 Å². The van der Waals surface area contributed by atoms with Crippen molar-refractivity contribution in [1.82, 2.24) is 16.0 Å². The molecule has 4 unspecified atom stereocenters. The number of nitrogens with one attached hydrogen (secondary N) is 3. The van der Waals surface area contributed by atoms with Gasteiger partial charge in [-0.1, -0.05) is 44.2 Å². The molecule has 0 fully saturated rings. The Morgan fingerprint density at radius 1 is 0.784 bits per heavy atom. The number of carbonyl (C=O) groups is 6. The maximum Gasteiger partial charge on any atom is 0.326 e. The highest BCUT2D eigenvalue weighted by atomic mass is 16.4. The van der Waals surface area contributed by atoms with Crippen LogP contribution in [0.1, 0.15) is 45.1 Å². The summed E-state index contributed by atoms with van der Waals surface area (Å²) < 4.78 is 0. The number of hydrogen-bond donors (Lipinski definition) is 7. The average Bonchev–Trinajstić information content (AvgIpc) is 2.83. The maximum absolute atomic E-state index is 13.2. The third-order valence-electron chi connectivity index (χ3n) is 5.51. The van der Waals surface area contributed by atoms with Crippen LogP contribution < -0.4 is 27.4 Å². The maximum atomic E-state index is 13.2. The minimum absolute atomic E-state index is 0.0593. The number of rotatable bonds is 16. The van der Waals surface area contributed by atoms with E-state index in [-0.39, 0.29) is 25.2 Å². The predicted molar refractivity (Wildman–Crippen MR) is 132 cm³/mol. The van der Waals surface area contributed by atoms with Crippen molar-refractivity contribution in [3.05, 3.63) is 35.9 Å². The molecule has 0 aromatic heterocycles. The van der Waals surface area contributed by atoms with E-state index < -0.39 is 72.6 Å². The highest BCUT2D eigenvalue weighted by Gasteiger charge is 2.31. The lowest BCUT2D eigenvalue weighted by Crippen LogP contribution is -2.58. The molecule has 0 radical (unpaired) electrons. The van der Waals surface area contributed by atoms with Crippen molar-refractivity contribution < 1.29 is 39.0 Å². The molecule has 4 amide bonds. The van der Waals surface area contributed by atoms with Crippen LogP contribution in [0.2, 0.25) is 0 Å². The van der Waals surface area contributed by atoms with Crippen molar-refractivity contribution >= 4 is 35.6 Å². The monoisotopic (exact) mass is 521 g/mol. The van der Waals surface area contributed by atoms with Crippen molar-refractivity contribution in [2.45, 2.75) is 70.1 Å². The third-order valence-corrected chi connectivity index (χ3v) is 5.51. The summed E-state index contributed by atoms with van der Waals surface area (Å²) in [6.45, 7) is 3.48. The molecule has 4 atom stereocenters. The molecule has 37 heavy (non-hydrogen) atoms. The lowest BCUT2D eigenvalue weighted by atomic mass is 10.0. The van der Waals surface area contributed by atoms with Gasteiger partial charge in [-0.15, -0.1) is 0 Å². The SMILES string of the molecule is CC(C)C(N)C(=O)NC(Cc1ccccc1)C(=O)NC(CCC(N)=O)C(=O)NC(CCC(=O)O)C(=O)O. The van der Waals surface area contributed by atoms with Gasteiger partial charge < -0.3 is 37.6 Å². The second-order valence-electron chi connectivity index (χ2n) is 8.92. The molecule has 13 heteroatoms. The Balaban J connectivity index is 3.13. The predicted octanol–water partition coefficient (Wildman–Crippen LogP) is -1.12. The van der Waals surface area contributed by atoms with Crippen LogP contribution in [0.25, 0.3) is 0 Å². The van der Waals surface area contributed by atoms with Crippen LogP contribution in [0.5, 0.6) is 0 Å². The number of carboxylic acids is 2. The quantitative estimate of drug-likeness (QED) is 0.139. The number of nitrogens with two attached hydrogens (primary N) is 2. The molecular formula is C24H35N5O8. The lowest BCUT2D eigenvalue weighted by Gasteiger charge is -2.25. The molecule has 0 aliphatic heterocycles. The number of hydrogen-bond acceptors (Lipinski definition) is 7. The first-order chi connectivity index (χ1) is 17.3. The average molecular weight is 522 g/mol. The van der Waals surface area contributed by atoms with E-state index in [4.69, 9.17) is 16.6 Å². The van der Waals surface area contributed by atoms with Gasteiger partial charge in [-0.3, -0.25) is 24.0 Å². The van der Waals surface area contributed by atoms with Crippen LogP contribution in [0.4, 0.5) is 0 Å². The van der Waals surface area contributed by atoms with Gasteiger partial charge in [0.2, 0.25) is 23.6 Å². The minimum atomic E-state index is -1.54. The second kappa shape index (κ2) is 15.2. The molecular weight excluding hydrogens is 486 g/mol. The van der Waals surface area contributed by atoms with E-state index in [1.807, 2.05) is 0 Å². The lowest BCUT2D eigenvalue weighted by molar-refractivity contribution is -0.143. The minimum Gasteiger partial charge on any atom is -0.481 e. The normalized spacial score (nSPS) is 14.1. The summed E-state index contributed by atoms with van der Waals surface area (Å²) in [5, 5.41) is 25.4. The molecule has 1 aromatic rings. The van der Waals surface area contributed by atoms with E-state index in [2.05, 4.69) is 16.0 Å². The van der Waals surface area contributed by atoms with Gasteiger partial charge >= 0.3 is 11.9 Å². The number of primary amides is 1. The second-order valence-corrected chi connectivity index (χ2v) is 8.92. The fraction of sp³-hybridized carbons (Fsp3) is 0.500. The largest absolute Gasteiger partial charge is 0.481 e. The Kier molecular flexibility index (Phi) is 12.7. The van der Waals surface area contributed by atoms with Gasteiger partial charge in [0, 0.05) is 19.3 Å². The molecule has 0 aliphatic carbocycles. The topological polar surface area (TPSA) is 231 Å². The molecule has 1 aromatic carbocycles. The smallest absolute Gasteiger partial charge is 0.326 e. The summed E-state index contributed by atoms with van der Waals surface area (Å²) in [7, 11) is 0. The summed E-state index contributed by atoms with van der Waals surface area (Å²) in [5.41, 5.74) is 11.8. The van der Waals surface area contributed by atoms with E-state index in [0.717, 1.165) is 0 Å². The fourth-order valence-corrected chi connectivity index (χ4v) is 3.25. The van der Waals surface area contributed by atoms with E-state index in [1.54, 1.807) is 44.2 Å². The van der Waals surface area contributed by atoms with Crippen molar-refractivity contribution in [1.29, 1.82) is 0 Å². The standard InChI is InChI=1S/C24H35N5O8/c1-13(2)20(26)23(35)29-17(12-14-6-4-3-5-7-14)22(34)27-15(8-10-18(25)30)21(33)28-16(24(36)37)9-11-19(31)32/h3-7,13,15-17,20H,8-12,26H2,1-2H3,(H2,25,30)(H,27,34)(H,28,33)(H,29,35)(H,31,32)(H,36,37). The molecule has 0 spiro atoms. The molecule has 13 nitrogen and oxygen atoms in total. The van der Waals surface area contributed by atoms with Crippen LogP contribution in [-0.2, 0) is 35.2 Å². The molecule has 0 saturated carbocycles. The van der Waals surface area contributed by atoms with E-state index >= 15 is 0 Å². The molecule has 0 saturated heterocycles. The summed E-state index contributed by atoms with van der Waals surface area (Å²) in [6.07, 6.45) is -1.41. The Morgan fingerprint density at radius 3 is 1.81 bits per heavy atom. The molecule has 0 bridgehead atoms. The highest BCUT2D eigenvalue weighted by molar-refractivity contribution is 5.94. The van der Waals surface area contributed by atoms with Crippen molar-refractivity contribution in [2.24, 2.45) is 17.4 Å². The van der Waals surface area contributed by atoms with Crippen LogP contribution in [0.3, 0.4) is 0 Å². The molecule has 1 rings (SSSR count). The van der Waals surface area contributed by atoms with E-state index in [9.17, 15) is 33.9 Å². The van der Waals surface area contributed by atoms with Gasteiger partial charge in [0.15, 0.2) is 0 Å². The first-order valence-electron chi connectivity index (χ1n) is 11.7. The molecule has 9 N–H and O–H groups in total. The molecule has 0 aliphatic rings. The van der Waals surface area contributed by atoms with Crippen molar-refractivity contribution in [3.63, 3.8) is 0 Å². The van der Waals surface area contributed by atoms with Crippen LogP contribution >= 0.6 is 0 Å². The number of benzene rings is 1. The summed E-state index contributed by atoms with van der Waals surface area (Å²) in [6, 6.07) is 3.78. The first-order valence-corrected chi connectivity index (χ1v) is 11.7. The van der Waals surface area contributed by atoms with Crippen molar-refractivity contribution in [3.8, 4) is 0 Å². The van der Waals surface area contributed by atoms with Gasteiger partial charge in [-0.25, -0.2) is 4.79 Å². The van der Waals surface area contributed by atoms with Gasteiger partial charge in [0.05, 0.1) is 6.04 Å². The Bertz CT molecular complexity index is 969. The fourth-order valence-electron chi connectivity index (χ4n) is 3.25. The summed E-state index contributed by atoms with van der Waals surface area (Å²) in [4.78, 5) is 72.3. The van der Waals surface area contributed by atoms with Gasteiger partial charge in [0.1, 0.15) is 18.1 Å². The van der Waals surface area contributed by atoms with E-state index in [0.29, 0.717) is 5.56 Å². The Morgan fingerprint density at radius 2 is 1.30 bits per heavy atom. The number of carboxylic acid groups (broad SMARTS) is 2. The molecule has 0 heterocycles. The number of carbonyl (C=O) groups excluding carboxylic acids is 4. The zero-order valence-corrected chi connectivity index (χ0v) is 20.8. The van der Waals surface area contributed by atoms with Crippen LogP contribution in [0.15, 0.2) is 30.3 Å². The van der Waals surface area contributed by atoms with Gasteiger partial charge in [-0.2, -0.15) is 0 Å². The van der Waals surface area contributed by atoms with Crippen LogP contribution in [0, 0.1) is 5.92 Å². The summed E-state index contributed by atoms with van der Waals surface area (Å²) in [5.74, 6) is -5.99. The first kappa shape index (κ1) is 31.0. The Hall–Kier alpha value is -4.00. The molecule has 204 valence electrons. The highest BCUT2D eigenvalue weighted by Crippen LogP contribution is 2.08. The summed E-state index contributed by atoms with van der Waals surface area (Å²) >= 11 is 0. The van der Waals surface area contributed by atoms with Gasteiger partial charge in [-0.05, 0) is 24.3 Å². The van der Waals surface area contributed by atoms with Gasteiger partial charge in [0.25, 0.3) is 0 Å². The number of amides is 4. The zero-order chi connectivity index (χ0) is 28.1. The van der Waals surface area contributed by atoms with E-state index in [1.165, 1.54) is 0 Å². The zero-order valence-electron chi connectivity index (χ0n) is 20.8. The number of aliphatic carboxylic acids is 2.